The Bertz CT molecular complexity index is 522. The molecular weight excluding hydrogens is 298 g/mol. The van der Waals surface area contributed by atoms with Crippen LogP contribution in [-0.4, -0.2) is 7.05 Å². The van der Waals surface area contributed by atoms with Crippen molar-refractivity contribution in [3.63, 3.8) is 0 Å². The molecule has 0 aliphatic carbocycles. The lowest BCUT2D eigenvalue weighted by Crippen LogP contribution is -2.18. The number of hydrogen-bond acceptors (Lipinski definition) is 1. The summed E-state index contributed by atoms with van der Waals surface area (Å²) in [6, 6.07) is 17.5. The molecule has 0 aromatic heterocycles. The molecule has 0 heterocycles. The van der Waals surface area contributed by atoms with E-state index in [2.05, 4.69) is 76.7 Å². The standard InChI is InChI=1S/C17H20BrN/c1-13-15(9-6-10-16(13)18)17(19-2)12-11-14-7-4-3-5-8-14/h3-10,17,19H,11-12H2,1-2H3. The molecule has 0 fully saturated rings. The third-order valence-corrected chi connectivity index (χ3v) is 4.46. The maximum absolute atomic E-state index is 3.61. The van der Waals surface area contributed by atoms with E-state index in [0.29, 0.717) is 6.04 Å². The predicted molar refractivity (Wildman–Crippen MR) is 85.4 cm³/mol. The third-order valence-electron chi connectivity index (χ3n) is 3.60. The Labute approximate surface area is 124 Å². The molecule has 0 radical (unpaired) electrons. The highest BCUT2D eigenvalue weighted by molar-refractivity contribution is 9.10. The molecule has 0 spiro atoms. The number of halogens is 1. The van der Waals surface area contributed by atoms with Gasteiger partial charge in [0.1, 0.15) is 0 Å². The van der Waals surface area contributed by atoms with Crippen molar-refractivity contribution in [2.24, 2.45) is 0 Å². The summed E-state index contributed by atoms with van der Waals surface area (Å²) in [6.07, 6.45) is 2.20. The fraction of sp³-hybridized carbons (Fsp3) is 0.294. The highest BCUT2D eigenvalue weighted by Gasteiger charge is 2.12. The lowest BCUT2D eigenvalue weighted by Gasteiger charge is -2.19. The van der Waals surface area contributed by atoms with Gasteiger partial charge in [-0.3, -0.25) is 0 Å². The third kappa shape index (κ3) is 3.68. The van der Waals surface area contributed by atoms with Crippen LogP contribution in [0.15, 0.2) is 53.0 Å². The van der Waals surface area contributed by atoms with E-state index in [0.717, 1.165) is 12.8 Å². The lowest BCUT2D eigenvalue weighted by atomic mass is 9.96. The number of nitrogens with one attached hydrogen (secondary N) is 1. The van der Waals surface area contributed by atoms with Gasteiger partial charge in [-0.25, -0.2) is 0 Å². The fourth-order valence-corrected chi connectivity index (χ4v) is 2.79. The summed E-state index contributed by atoms with van der Waals surface area (Å²) in [5.41, 5.74) is 4.11. The molecule has 0 amide bonds. The number of rotatable bonds is 5. The number of aryl methyl sites for hydroxylation is 1. The average Bonchev–Trinajstić information content (AvgIpc) is 2.45. The lowest BCUT2D eigenvalue weighted by molar-refractivity contribution is 0.546. The van der Waals surface area contributed by atoms with E-state index in [1.807, 2.05) is 7.05 Å². The Morgan fingerprint density at radius 3 is 2.47 bits per heavy atom. The Morgan fingerprint density at radius 1 is 1.05 bits per heavy atom. The second kappa shape index (κ2) is 6.88. The molecule has 2 heteroatoms. The fourth-order valence-electron chi connectivity index (χ4n) is 2.41. The Balaban J connectivity index is 2.10. The van der Waals surface area contributed by atoms with Gasteiger partial charge in [-0.2, -0.15) is 0 Å². The van der Waals surface area contributed by atoms with Gasteiger partial charge in [-0.05, 0) is 49.6 Å². The molecule has 1 unspecified atom stereocenters. The van der Waals surface area contributed by atoms with Gasteiger partial charge in [0.15, 0.2) is 0 Å². The first-order chi connectivity index (χ1) is 9.22. The van der Waals surface area contributed by atoms with Crippen LogP contribution >= 0.6 is 15.9 Å². The first-order valence-electron chi connectivity index (χ1n) is 6.68. The molecule has 0 bridgehead atoms. The van der Waals surface area contributed by atoms with Crippen LogP contribution in [-0.2, 0) is 6.42 Å². The summed E-state index contributed by atoms with van der Waals surface area (Å²) in [6.45, 7) is 2.17. The molecule has 2 rings (SSSR count). The predicted octanol–water partition coefficient (Wildman–Crippen LogP) is 4.65. The van der Waals surface area contributed by atoms with Gasteiger partial charge in [-0.15, -0.1) is 0 Å². The van der Waals surface area contributed by atoms with Crippen LogP contribution in [0.4, 0.5) is 0 Å². The van der Waals surface area contributed by atoms with Crippen molar-refractivity contribution < 1.29 is 0 Å². The zero-order valence-corrected chi connectivity index (χ0v) is 13.1. The summed E-state index contributed by atoms with van der Waals surface area (Å²) < 4.78 is 1.19. The van der Waals surface area contributed by atoms with Crippen LogP contribution in [0, 0.1) is 6.92 Å². The first kappa shape index (κ1) is 14.3. The van der Waals surface area contributed by atoms with Crippen molar-refractivity contribution in [3.8, 4) is 0 Å². The highest BCUT2D eigenvalue weighted by atomic mass is 79.9. The van der Waals surface area contributed by atoms with Crippen molar-refractivity contribution in [1.29, 1.82) is 0 Å². The molecule has 0 aliphatic rings. The molecular formula is C17H20BrN. The van der Waals surface area contributed by atoms with E-state index >= 15 is 0 Å². The number of hydrogen-bond donors (Lipinski definition) is 1. The molecule has 100 valence electrons. The SMILES string of the molecule is CNC(CCc1ccccc1)c1cccc(Br)c1C. The van der Waals surface area contributed by atoms with Gasteiger partial charge in [0, 0.05) is 10.5 Å². The molecule has 1 nitrogen and oxygen atoms in total. The second-order valence-corrected chi connectivity index (χ2v) is 5.67. The molecule has 19 heavy (non-hydrogen) atoms. The Morgan fingerprint density at radius 2 is 1.79 bits per heavy atom. The van der Waals surface area contributed by atoms with Gasteiger partial charge in [0.25, 0.3) is 0 Å². The molecule has 2 aromatic carbocycles. The summed E-state index contributed by atoms with van der Waals surface area (Å²) in [5, 5.41) is 3.44. The van der Waals surface area contributed by atoms with Gasteiger partial charge < -0.3 is 5.32 Å². The largest absolute Gasteiger partial charge is 0.313 e. The van der Waals surface area contributed by atoms with Crippen molar-refractivity contribution in [1.82, 2.24) is 5.32 Å². The topological polar surface area (TPSA) is 12.0 Å². The van der Waals surface area contributed by atoms with E-state index in [4.69, 9.17) is 0 Å². The minimum Gasteiger partial charge on any atom is -0.313 e. The van der Waals surface area contributed by atoms with Crippen molar-refractivity contribution in [2.75, 3.05) is 7.05 Å². The minimum atomic E-state index is 0.401. The van der Waals surface area contributed by atoms with Gasteiger partial charge in [0.2, 0.25) is 0 Å². The van der Waals surface area contributed by atoms with Crippen LogP contribution in [0.3, 0.4) is 0 Å². The minimum absolute atomic E-state index is 0.401. The first-order valence-corrected chi connectivity index (χ1v) is 7.48. The molecule has 2 aromatic rings. The summed E-state index contributed by atoms with van der Waals surface area (Å²) in [4.78, 5) is 0. The maximum atomic E-state index is 3.61. The van der Waals surface area contributed by atoms with Crippen molar-refractivity contribution >= 4 is 15.9 Å². The van der Waals surface area contributed by atoms with Crippen LogP contribution in [0.1, 0.15) is 29.2 Å². The highest BCUT2D eigenvalue weighted by Crippen LogP contribution is 2.27. The average molecular weight is 318 g/mol. The van der Waals surface area contributed by atoms with Crippen LogP contribution < -0.4 is 5.32 Å². The van der Waals surface area contributed by atoms with Crippen molar-refractivity contribution in [3.05, 3.63) is 69.7 Å². The zero-order valence-electron chi connectivity index (χ0n) is 11.5. The van der Waals surface area contributed by atoms with Gasteiger partial charge in [0.05, 0.1) is 0 Å². The van der Waals surface area contributed by atoms with E-state index in [9.17, 15) is 0 Å². The van der Waals surface area contributed by atoms with Crippen molar-refractivity contribution in [2.45, 2.75) is 25.8 Å². The summed E-state index contributed by atoms with van der Waals surface area (Å²) in [5.74, 6) is 0. The van der Waals surface area contributed by atoms with E-state index in [1.165, 1.54) is 21.2 Å². The van der Waals surface area contributed by atoms with Gasteiger partial charge >= 0.3 is 0 Å². The molecule has 0 saturated heterocycles. The maximum Gasteiger partial charge on any atom is 0.0323 e. The van der Waals surface area contributed by atoms with Crippen LogP contribution in [0.25, 0.3) is 0 Å². The molecule has 1 atom stereocenters. The molecule has 1 N–H and O–H groups in total. The van der Waals surface area contributed by atoms with E-state index in [-0.39, 0.29) is 0 Å². The molecule has 0 aliphatic heterocycles. The smallest absolute Gasteiger partial charge is 0.0323 e. The number of benzene rings is 2. The normalized spacial score (nSPS) is 12.4. The zero-order chi connectivity index (χ0) is 13.7. The van der Waals surface area contributed by atoms with Gasteiger partial charge in [-0.1, -0.05) is 58.4 Å². The molecule has 0 saturated carbocycles. The second-order valence-electron chi connectivity index (χ2n) is 4.82. The van der Waals surface area contributed by atoms with E-state index < -0.39 is 0 Å². The van der Waals surface area contributed by atoms with Crippen LogP contribution in [0.5, 0.6) is 0 Å². The quantitative estimate of drug-likeness (QED) is 0.846. The van der Waals surface area contributed by atoms with Crippen LogP contribution in [0.2, 0.25) is 0 Å². The Hall–Kier alpha value is -1.12. The summed E-state index contributed by atoms with van der Waals surface area (Å²) in [7, 11) is 2.04. The van der Waals surface area contributed by atoms with E-state index in [1.54, 1.807) is 0 Å². The Kier molecular flexibility index (Phi) is 5.17. The summed E-state index contributed by atoms with van der Waals surface area (Å²) >= 11 is 3.61. The monoisotopic (exact) mass is 317 g/mol.